The van der Waals surface area contributed by atoms with E-state index in [0.29, 0.717) is 11.1 Å². The van der Waals surface area contributed by atoms with E-state index in [1.54, 1.807) is 6.21 Å². The number of hydrogen-bond acceptors (Lipinski definition) is 3. The summed E-state index contributed by atoms with van der Waals surface area (Å²) in [6.45, 7) is 0.747. The van der Waals surface area contributed by atoms with Crippen LogP contribution in [0.1, 0.15) is 0 Å². The molecule has 5 heteroatoms. The molecule has 0 saturated heterocycles. The first-order valence-electron chi connectivity index (χ1n) is 5.72. The van der Waals surface area contributed by atoms with Gasteiger partial charge in [-0.1, -0.05) is 23.3 Å². The smallest absolute Gasteiger partial charge is 0.139 e. The first-order valence-corrected chi connectivity index (χ1v) is 6.52. The number of rotatable bonds is 5. The van der Waals surface area contributed by atoms with Crippen LogP contribution in [-0.4, -0.2) is 42.2 Å². The minimum absolute atomic E-state index is 0.263. The highest BCUT2D eigenvalue weighted by molar-refractivity contribution is 9.12. The Morgan fingerprint density at radius 3 is 2.72 bits per heavy atom. The van der Waals surface area contributed by atoms with Gasteiger partial charge in [-0.3, -0.25) is 0 Å². The fourth-order valence-electron chi connectivity index (χ4n) is 1.81. The average molecular weight is 312 g/mol. The van der Waals surface area contributed by atoms with Gasteiger partial charge in [0.25, 0.3) is 0 Å². The van der Waals surface area contributed by atoms with Crippen molar-refractivity contribution >= 4 is 22.1 Å². The summed E-state index contributed by atoms with van der Waals surface area (Å²) in [6, 6.07) is 9.47. The highest BCUT2D eigenvalue weighted by atomic mass is 79.9. The van der Waals surface area contributed by atoms with Gasteiger partial charge in [-0.25, -0.2) is 0 Å². The summed E-state index contributed by atoms with van der Waals surface area (Å²) < 4.78 is 6.77. The van der Waals surface area contributed by atoms with Gasteiger partial charge in [0.15, 0.2) is 0 Å². The topological polar surface area (TPSA) is 41.8 Å². The predicted molar refractivity (Wildman–Crippen MR) is 74.5 cm³/mol. The van der Waals surface area contributed by atoms with Crippen molar-refractivity contribution in [3.05, 3.63) is 41.0 Å². The Kier molecular flexibility index (Phi) is 4.16. The van der Waals surface area contributed by atoms with Crippen molar-refractivity contribution < 1.29 is 14.4 Å². The number of aliphatic hydroxyl groups is 1. The maximum atomic E-state index is 9.96. The molecule has 0 radical (unpaired) electrons. The third-order valence-corrected chi connectivity index (χ3v) is 3.02. The third-order valence-electron chi connectivity index (χ3n) is 2.61. The Hall–Kier alpha value is -1.17. The van der Waals surface area contributed by atoms with Gasteiger partial charge in [0.1, 0.15) is 37.4 Å². The van der Waals surface area contributed by atoms with E-state index < -0.39 is 6.10 Å². The molecule has 2 atom stereocenters. The minimum Gasteiger partial charge on any atom is -0.491 e. The molecule has 1 aromatic rings. The van der Waals surface area contributed by atoms with Crippen molar-refractivity contribution in [1.29, 1.82) is 0 Å². The molecule has 1 aliphatic rings. The number of para-hydroxylation sites is 1. The van der Waals surface area contributed by atoms with Crippen molar-refractivity contribution in [2.24, 2.45) is 5.10 Å². The van der Waals surface area contributed by atoms with E-state index in [4.69, 9.17) is 4.74 Å². The number of likely N-dealkylation sites (N-methyl/N-ethyl adjacent to an activating group) is 1. The Labute approximate surface area is 115 Å². The average Bonchev–Trinajstić information content (AvgIpc) is 2.68. The first kappa shape index (κ1) is 13.3. The molecule has 1 N–H and O–H groups in total. The van der Waals surface area contributed by atoms with E-state index in [1.165, 1.54) is 0 Å². The molecule has 1 aromatic carbocycles. The number of quaternary nitrogens is 1. The van der Waals surface area contributed by atoms with Crippen LogP contribution in [0.5, 0.6) is 5.75 Å². The standard InChI is InChI=1S/C13H16BrN2O2/c1-16(8-11(14)7-15-16)9-12(17)10-18-13-5-3-2-4-6-13/h2-8,12,17H,9-10H2,1H3/q+1. The molecule has 1 aliphatic heterocycles. The maximum Gasteiger partial charge on any atom is 0.139 e. The zero-order valence-corrected chi connectivity index (χ0v) is 11.7. The maximum absolute atomic E-state index is 9.96. The van der Waals surface area contributed by atoms with Crippen LogP contribution in [0.2, 0.25) is 0 Å². The Morgan fingerprint density at radius 2 is 2.11 bits per heavy atom. The van der Waals surface area contributed by atoms with Crippen LogP contribution in [0, 0.1) is 0 Å². The molecule has 0 amide bonds. The minimum atomic E-state index is -0.568. The van der Waals surface area contributed by atoms with Crippen molar-refractivity contribution in [2.45, 2.75) is 6.10 Å². The van der Waals surface area contributed by atoms with Crippen molar-refractivity contribution in [3.63, 3.8) is 0 Å². The predicted octanol–water partition coefficient (Wildman–Crippen LogP) is 2.11. The molecule has 2 rings (SSSR count). The molecule has 0 bridgehead atoms. The highest BCUT2D eigenvalue weighted by Crippen LogP contribution is 2.19. The molecular formula is C13H16BrN2O2+. The molecular weight excluding hydrogens is 296 g/mol. The number of benzene rings is 1. The van der Waals surface area contributed by atoms with Gasteiger partial charge in [0, 0.05) is 0 Å². The van der Waals surface area contributed by atoms with Crippen molar-refractivity contribution in [1.82, 2.24) is 0 Å². The summed E-state index contributed by atoms with van der Waals surface area (Å²) in [4.78, 5) is 0. The molecule has 4 nitrogen and oxygen atoms in total. The summed E-state index contributed by atoms with van der Waals surface area (Å²) in [5, 5.41) is 14.3. The van der Waals surface area contributed by atoms with Gasteiger partial charge < -0.3 is 9.84 Å². The zero-order valence-electron chi connectivity index (χ0n) is 10.2. The second-order valence-electron chi connectivity index (χ2n) is 4.43. The molecule has 0 aromatic heterocycles. The van der Waals surface area contributed by atoms with Crippen molar-refractivity contribution in [3.8, 4) is 5.75 Å². The van der Waals surface area contributed by atoms with E-state index >= 15 is 0 Å². The van der Waals surface area contributed by atoms with Gasteiger partial charge >= 0.3 is 0 Å². The van der Waals surface area contributed by atoms with Crippen molar-refractivity contribution in [2.75, 3.05) is 20.2 Å². The number of nitrogens with zero attached hydrogens (tertiary/aromatic N) is 2. The molecule has 0 fully saturated rings. The van der Waals surface area contributed by atoms with E-state index in [-0.39, 0.29) is 6.61 Å². The molecule has 96 valence electrons. The van der Waals surface area contributed by atoms with Gasteiger partial charge in [0.05, 0.1) is 11.5 Å². The second kappa shape index (κ2) is 5.65. The summed E-state index contributed by atoms with van der Waals surface area (Å²) in [7, 11) is 1.93. The fourth-order valence-corrected chi connectivity index (χ4v) is 2.34. The number of halogens is 1. The van der Waals surface area contributed by atoms with Crippen LogP contribution < -0.4 is 4.74 Å². The molecule has 2 unspecified atom stereocenters. The normalized spacial score (nSPS) is 23.8. The largest absolute Gasteiger partial charge is 0.491 e. The number of aliphatic hydroxyl groups excluding tert-OH is 1. The fraction of sp³-hybridized carbons (Fsp3) is 0.308. The third kappa shape index (κ3) is 3.66. The van der Waals surface area contributed by atoms with Crippen LogP contribution in [0.15, 0.2) is 46.1 Å². The Bertz CT molecular complexity index is 461. The van der Waals surface area contributed by atoms with Gasteiger partial charge in [0.2, 0.25) is 0 Å². The van der Waals surface area contributed by atoms with E-state index in [2.05, 4.69) is 21.0 Å². The molecule has 18 heavy (non-hydrogen) atoms. The number of ether oxygens (including phenoxy) is 1. The van der Waals surface area contributed by atoms with Crippen LogP contribution in [0.4, 0.5) is 0 Å². The van der Waals surface area contributed by atoms with Crippen LogP contribution in [0.3, 0.4) is 0 Å². The van der Waals surface area contributed by atoms with Gasteiger partial charge in [-0.2, -0.15) is 4.59 Å². The second-order valence-corrected chi connectivity index (χ2v) is 5.35. The van der Waals surface area contributed by atoms with Crippen LogP contribution >= 0.6 is 15.9 Å². The molecule has 1 heterocycles. The Morgan fingerprint density at radius 1 is 1.39 bits per heavy atom. The summed E-state index contributed by atoms with van der Waals surface area (Å²) in [5.41, 5.74) is 0. The first-order chi connectivity index (χ1) is 8.57. The molecule has 0 saturated carbocycles. The lowest BCUT2D eigenvalue weighted by atomic mass is 10.3. The lowest BCUT2D eigenvalue weighted by Gasteiger charge is -2.23. The van der Waals surface area contributed by atoms with E-state index in [0.717, 1.165) is 10.2 Å². The summed E-state index contributed by atoms with van der Waals surface area (Å²) in [5.74, 6) is 0.765. The highest BCUT2D eigenvalue weighted by Gasteiger charge is 2.27. The Balaban J connectivity index is 1.83. The summed E-state index contributed by atoms with van der Waals surface area (Å²) >= 11 is 3.36. The molecule has 0 aliphatic carbocycles. The number of hydrogen-bond donors (Lipinski definition) is 1. The van der Waals surface area contributed by atoms with Gasteiger partial charge in [-0.05, 0) is 28.1 Å². The van der Waals surface area contributed by atoms with Crippen LogP contribution in [-0.2, 0) is 0 Å². The number of allylic oxidation sites excluding steroid dienone is 1. The zero-order chi connectivity index (χ0) is 13.0. The van der Waals surface area contributed by atoms with Gasteiger partial charge in [-0.15, -0.1) is 0 Å². The molecule has 0 spiro atoms. The lowest BCUT2D eigenvalue weighted by Crippen LogP contribution is -2.40. The summed E-state index contributed by atoms with van der Waals surface area (Å²) in [6.07, 6.45) is 3.11. The van der Waals surface area contributed by atoms with E-state index in [9.17, 15) is 5.11 Å². The quantitative estimate of drug-likeness (QED) is 0.846. The monoisotopic (exact) mass is 311 g/mol. The lowest BCUT2D eigenvalue weighted by molar-refractivity contribution is -0.867. The SMILES string of the molecule is C[N+]1(CC(O)COc2ccccc2)C=C(Br)C=N1. The van der Waals surface area contributed by atoms with Crippen LogP contribution in [0.25, 0.3) is 0 Å². The van der Waals surface area contributed by atoms with E-state index in [1.807, 2.05) is 43.6 Å².